The first-order chi connectivity index (χ1) is 10.5. The Morgan fingerprint density at radius 3 is 2.59 bits per heavy atom. The average molecular weight is 303 g/mol. The number of aliphatic carboxylic acids is 1. The summed E-state index contributed by atoms with van der Waals surface area (Å²) in [6.45, 7) is 3.42. The molecule has 2 N–H and O–H groups in total. The standard InChI is InChI=1S/C15H17N3O4/c1-10-4-3-5-11(2)15(10)22-9-13(19)16-12-6-7-18(17-12)8-14(20)21/h3-7H,8-9H2,1-2H3,(H,20,21)(H,16,17,19). The quantitative estimate of drug-likeness (QED) is 0.845. The van der Waals surface area contributed by atoms with Gasteiger partial charge in [-0.3, -0.25) is 14.3 Å². The molecule has 1 aromatic heterocycles. The predicted molar refractivity (Wildman–Crippen MR) is 79.9 cm³/mol. The molecule has 0 radical (unpaired) electrons. The van der Waals surface area contributed by atoms with Crippen LogP contribution in [0.25, 0.3) is 0 Å². The van der Waals surface area contributed by atoms with Gasteiger partial charge in [0.25, 0.3) is 5.91 Å². The van der Waals surface area contributed by atoms with Crippen molar-refractivity contribution < 1.29 is 19.4 Å². The molecule has 0 bridgehead atoms. The van der Waals surface area contributed by atoms with Gasteiger partial charge in [0.1, 0.15) is 12.3 Å². The maximum atomic E-state index is 11.8. The van der Waals surface area contributed by atoms with Gasteiger partial charge in [0, 0.05) is 12.3 Å². The van der Waals surface area contributed by atoms with Crippen LogP contribution in [-0.4, -0.2) is 33.4 Å². The molecule has 1 heterocycles. The Morgan fingerprint density at radius 2 is 1.95 bits per heavy atom. The van der Waals surface area contributed by atoms with Gasteiger partial charge < -0.3 is 15.2 Å². The molecule has 2 rings (SSSR count). The lowest BCUT2D eigenvalue weighted by Gasteiger charge is -2.11. The van der Waals surface area contributed by atoms with Crippen LogP contribution in [-0.2, 0) is 16.1 Å². The minimum atomic E-state index is -1.00. The van der Waals surface area contributed by atoms with Gasteiger partial charge in [-0.1, -0.05) is 18.2 Å². The number of carboxylic acid groups (broad SMARTS) is 1. The summed E-state index contributed by atoms with van der Waals surface area (Å²) >= 11 is 0. The van der Waals surface area contributed by atoms with Crippen LogP contribution in [0.2, 0.25) is 0 Å². The van der Waals surface area contributed by atoms with Crippen molar-refractivity contribution in [1.82, 2.24) is 9.78 Å². The number of aryl methyl sites for hydroxylation is 2. The van der Waals surface area contributed by atoms with Gasteiger partial charge in [0.15, 0.2) is 12.4 Å². The number of aromatic nitrogens is 2. The number of carboxylic acids is 1. The Labute approximate surface area is 127 Å². The second-order valence-corrected chi connectivity index (χ2v) is 4.85. The minimum Gasteiger partial charge on any atom is -0.483 e. The van der Waals surface area contributed by atoms with Crippen molar-refractivity contribution in [2.75, 3.05) is 11.9 Å². The Balaban J connectivity index is 1.90. The Hall–Kier alpha value is -2.83. The number of hydrogen-bond donors (Lipinski definition) is 2. The van der Waals surface area contributed by atoms with Crippen LogP contribution >= 0.6 is 0 Å². The zero-order valence-electron chi connectivity index (χ0n) is 12.4. The van der Waals surface area contributed by atoms with Crippen molar-refractivity contribution in [3.05, 3.63) is 41.6 Å². The summed E-state index contributed by atoms with van der Waals surface area (Å²) in [7, 11) is 0. The highest BCUT2D eigenvalue weighted by Crippen LogP contribution is 2.22. The van der Waals surface area contributed by atoms with E-state index in [1.54, 1.807) is 0 Å². The number of amides is 1. The van der Waals surface area contributed by atoms with Gasteiger partial charge in [-0.2, -0.15) is 5.10 Å². The molecule has 7 heteroatoms. The van der Waals surface area contributed by atoms with Gasteiger partial charge in [0.05, 0.1) is 0 Å². The highest BCUT2D eigenvalue weighted by Gasteiger charge is 2.09. The van der Waals surface area contributed by atoms with Crippen molar-refractivity contribution in [2.45, 2.75) is 20.4 Å². The second kappa shape index (κ2) is 6.75. The van der Waals surface area contributed by atoms with E-state index in [1.807, 2.05) is 32.0 Å². The van der Waals surface area contributed by atoms with E-state index in [4.69, 9.17) is 9.84 Å². The number of ether oxygens (including phenoxy) is 1. The molecule has 0 atom stereocenters. The smallest absolute Gasteiger partial charge is 0.325 e. The van der Waals surface area contributed by atoms with Crippen LogP contribution in [0.3, 0.4) is 0 Å². The fourth-order valence-corrected chi connectivity index (χ4v) is 2.00. The third-order valence-corrected chi connectivity index (χ3v) is 2.96. The van der Waals surface area contributed by atoms with E-state index in [1.165, 1.54) is 16.9 Å². The largest absolute Gasteiger partial charge is 0.483 e. The molecule has 2 aromatic rings. The Bertz CT molecular complexity index is 674. The molecule has 0 spiro atoms. The summed E-state index contributed by atoms with van der Waals surface area (Å²) in [6.07, 6.45) is 1.48. The SMILES string of the molecule is Cc1cccc(C)c1OCC(=O)Nc1ccn(CC(=O)O)n1. The Kier molecular flexibility index (Phi) is 4.77. The van der Waals surface area contributed by atoms with Gasteiger partial charge in [-0.15, -0.1) is 0 Å². The molecule has 116 valence electrons. The molecule has 0 aliphatic rings. The fraction of sp³-hybridized carbons (Fsp3) is 0.267. The van der Waals surface area contributed by atoms with Crippen LogP contribution in [0.5, 0.6) is 5.75 Å². The van der Waals surface area contributed by atoms with Crippen LogP contribution < -0.4 is 10.1 Å². The van der Waals surface area contributed by atoms with Crippen LogP contribution in [0.1, 0.15) is 11.1 Å². The molecule has 0 saturated heterocycles. The molecule has 1 aromatic carbocycles. The topological polar surface area (TPSA) is 93.5 Å². The predicted octanol–water partition coefficient (Wildman–Crippen LogP) is 1.60. The molecule has 22 heavy (non-hydrogen) atoms. The zero-order valence-corrected chi connectivity index (χ0v) is 12.4. The zero-order chi connectivity index (χ0) is 16.1. The molecule has 0 fully saturated rings. The third-order valence-electron chi connectivity index (χ3n) is 2.96. The summed E-state index contributed by atoms with van der Waals surface area (Å²) in [5, 5.41) is 15.1. The lowest BCUT2D eigenvalue weighted by Crippen LogP contribution is -2.21. The van der Waals surface area contributed by atoms with E-state index in [-0.39, 0.29) is 24.9 Å². The number of nitrogens with one attached hydrogen (secondary N) is 1. The van der Waals surface area contributed by atoms with Crippen molar-refractivity contribution in [3.63, 3.8) is 0 Å². The number of rotatable bonds is 6. The minimum absolute atomic E-state index is 0.141. The number of hydrogen-bond acceptors (Lipinski definition) is 4. The van der Waals surface area contributed by atoms with Crippen molar-refractivity contribution in [2.24, 2.45) is 0 Å². The Morgan fingerprint density at radius 1 is 1.27 bits per heavy atom. The number of carbonyl (C=O) groups excluding carboxylic acids is 1. The molecule has 0 saturated carbocycles. The summed E-state index contributed by atoms with van der Waals surface area (Å²) in [4.78, 5) is 22.4. The highest BCUT2D eigenvalue weighted by atomic mass is 16.5. The number of anilines is 1. The summed E-state index contributed by atoms with van der Waals surface area (Å²) in [5.41, 5.74) is 1.91. The van der Waals surface area contributed by atoms with Crippen molar-refractivity contribution in [3.8, 4) is 5.75 Å². The molecule has 0 aliphatic heterocycles. The van der Waals surface area contributed by atoms with Gasteiger partial charge in [-0.05, 0) is 25.0 Å². The van der Waals surface area contributed by atoms with E-state index in [9.17, 15) is 9.59 Å². The highest BCUT2D eigenvalue weighted by molar-refractivity contribution is 5.90. The second-order valence-electron chi connectivity index (χ2n) is 4.85. The van der Waals surface area contributed by atoms with Gasteiger partial charge in [0.2, 0.25) is 0 Å². The monoisotopic (exact) mass is 303 g/mol. The molecular weight excluding hydrogens is 286 g/mol. The third kappa shape index (κ3) is 4.08. The molecule has 0 aliphatic carbocycles. The van der Waals surface area contributed by atoms with Gasteiger partial charge >= 0.3 is 5.97 Å². The fourth-order valence-electron chi connectivity index (χ4n) is 2.00. The molecule has 7 nitrogen and oxygen atoms in total. The van der Waals surface area contributed by atoms with Crippen molar-refractivity contribution >= 4 is 17.7 Å². The molecular formula is C15H17N3O4. The average Bonchev–Trinajstić information content (AvgIpc) is 2.84. The van der Waals surface area contributed by atoms with Gasteiger partial charge in [-0.25, -0.2) is 0 Å². The van der Waals surface area contributed by atoms with E-state index in [0.717, 1.165) is 11.1 Å². The number of benzene rings is 1. The first-order valence-electron chi connectivity index (χ1n) is 6.70. The van der Waals surface area contributed by atoms with E-state index in [2.05, 4.69) is 10.4 Å². The van der Waals surface area contributed by atoms with Crippen LogP contribution in [0.4, 0.5) is 5.82 Å². The first kappa shape index (κ1) is 15.6. The van der Waals surface area contributed by atoms with Crippen LogP contribution in [0.15, 0.2) is 30.5 Å². The normalized spacial score (nSPS) is 10.3. The summed E-state index contributed by atoms with van der Waals surface area (Å²) in [6, 6.07) is 7.27. The summed E-state index contributed by atoms with van der Waals surface area (Å²) < 4.78 is 6.76. The molecule has 1 amide bonds. The first-order valence-corrected chi connectivity index (χ1v) is 6.70. The lowest BCUT2D eigenvalue weighted by atomic mass is 10.1. The van der Waals surface area contributed by atoms with Crippen LogP contribution in [0, 0.1) is 13.8 Å². The van der Waals surface area contributed by atoms with E-state index in [0.29, 0.717) is 5.75 Å². The maximum absolute atomic E-state index is 11.8. The van der Waals surface area contributed by atoms with E-state index < -0.39 is 5.97 Å². The number of carbonyl (C=O) groups is 2. The molecule has 0 unspecified atom stereocenters. The number of para-hydroxylation sites is 1. The van der Waals surface area contributed by atoms with Crippen molar-refractivity contribution in [1.29, 1.82) is 0 Å². The number of nitrogens with zero attached hydrogens (tertiary/aromatic N) is 2. The maximum Gasteiger partial charge on any atom is 0.325 e. The van der Waals surface area contributed by atoms with E-state index >= 15 is 0 Å². The summed E-state index contributed by atoms with van der Waals surface area (Å²) in [5.74, 6) is -0.382. The lowest BCUT2D eigenvalue weighted by molar-refractivity contribution is -0.137.